The fourth-order valence-corrected chi connectivity index (χ4v) is 3.51. The molecule has 1 aliphatic rings. The second-order valence-corrected chi connectivity index (χ2v) is 8.08. The maximum Gasteiger partial charge on any atom is 0.416 e. The maximum atomic E-state index is 13.3. The van der Waals surface area contributed by atoms with Gasteiger partial charge in [0.2, 0.25) is 0 Å². The van der Waals surface area contributed by atoms with Gasteiger partial charge in [0.1, 0.15) is 13.2 Å². The summed E-state index contributed by atoms with van der Waals surface area (Å²) in [5.74, 6) is 1.31. The summed E-state index contributed by atoms with van der Waals surface area (Å²) in [4.78, 5) is 0. The number of fused-ring (bicyclic) bond motifs is 1. The molecule has 0 radical (unpaired) electrons. The van der Waals surface area contributed by atoms with Crippen molar-refractivity contribution < 1.29 is 22.6 Å². The number of hydrogen-bond donors (Lipinski definition) is 3. The predicted molar refractivity (Wildman–Crippen MR) is 113 cm³/mol. The fourth-order valence-electron chi connectivity index (χ4n) is 3.13. The monoisotopic (exact) mass is 446 g/mol. The molecule has 2 unspecified atom stereocenters. The smallest absolute Gasteiger partial charge is 0.416 e. The highest BCUT2D eigenvalue weighted by molar-refractivity contribution is 7.81. The van der Waals surface area contributed by atoms with Crippen LogP contribution in [-0.4, -0.2) is 24.6 Å². The van der Waals surface area contributed by atoms with Crippen LogP contribution in [0.2, 0.25) is 5.02 Å². The molecule has 2 aromatic carbocycles. The molecule has 2 atom stereocenters. The van der Waals surface area contributed by atoms with Gasteiger partial charge in [0.05, 0.1) is 21.6 Å². The van der Waals surface area contributed by atoms with Crippen LogP contribution in [0.5, 0.6) is 11.5 Å². The molecule has 29 heavy (non-hydrogen) atoms. The van der Waals surface area contributed by atoms with Crippen molar-refractivity contribution in [3.63, 3.8) is 0 Å². The molecule has 0 spiro atoms. The van der Waals surface area contributed by atoms with Gasteiger partial charge in [0, 0.05) is 17.8 Å². The van der Waals surface area contributed by atoms with Crippen LogP contribution in [0.15, 0.2) is 30.3 Å². The van der Waals surface area contributed by atoms with E-state index in [0.717, 1.165) is 17.8 Å². The summed E-state index contributed by atoms with van der Waals surface area (Å²) in [6, 6.07) is 7.38. The minimum Gasteiger partial charge on any atom is -0.486 e. The van der Waals surface area contributed by atoms with Gasteiger partial charge in [-0.15, -0.1) is 0 Å². The standard InChI is InChI=1S/C20H22ClF3N2O2S/c1-11(25-15-3-4-17-18(10-15)28-6-5-27-17)7-13-8-14(20(22,23)24)9-16(19(13)21)26-12(2)29/h3-4,8-12,25-26,29H,5-7H2,1-2H3. The zero-order valence-electron chi connectivity index (χ0n) is 15.9. The van der Waals surface area contributed by atoms with Crippen LogP contribution in [0, 0.1) is 0 Å². The Kier molecular flexibility index (Phi) is 6.63. The summed E-state index contributed by atoms with van der Waals surface area (Å²) in [5.41, 5.74) is 0.646. The number of thiol groups is 1. The van der Waals surface area contributed by atoms with E-state index in [-0.39, 0.29) is 22.1 Å². The molecule has 0 saturated heterocycles. The fraction of sp³-hybridized carbons (Fsp3) is 0.400. The van der Waals surface area contributed by atoms with Crippen LogP contribution in [0.1, 0.15) is 25.0 Å². The SMILES string of the molecule is CC(S)Nc1cc(C(F)(F)F)cc(CC(C)Nc2ccc3c(c2)OCCO3)c1Cl. The number of alkyl halides is 3. The van der Waals surface area contributed by atoms with Gasteiger partial charge in [-0.25, -0.2) is 0 Å². The topological polar surface area (TPSA) is 42.5 Å². The molecule has 2 aromatic rings. The van der Waals surface area contributed by atoms with Crippen molar-refractivity contribution in [1.82, 2.24) is 0 Å². The average molecular weight is 447 g/mol. The lowest BCUT2D eigenvalue weighted by atomic mass is 10.0. The number of benzene rings is 2. The van der Waals surface area contributed by atoms with Crippen LogP contribution in [-0.2, 0) is 12.6 Å². The second-order valence-electron chi connectivity index (χ2n) is 6.92. The van der Waals surface area contributed by atoms with Gasteiger partial charge in [0.25, 0.3) is 0 Å². The highest BCUT2D eigenvalue weighted by atomic mass is 35.5. The zero-order chi connectivity index (χ0) is 21.2. The summed E-state index contributed by atoms with van der Waals surface area (Å²) in [6.45, 7) is 4.57. The highest BCUT2D eigenvalue weighted by Gasteiger charge is 2.32. The summed E-state index contributed by atoms with van der Waals surface area (Å²) in [5, 5.41) is 6.05. The Balaban J connectivity index is 1.80. The van der Waals surface area contributed by atoms with Gasteiger partial charge in [0.15, 0.2) is 11.5 Å². The molecule has 1 heterocycles. The molecule has 9 heteroatoms. The van der Waals surface area contributed by atoms with E-state index in [1.807, 2.05) is 19.1 Å². The predicted octanol–water partition coefficient (Wildman–Crippen LogP) is 5.86. The summed E-state index contributed by atoms with van der Waals surface area (Å²) >= 11 is 10.6. The van der Waals surface area contributed by atoms with Crippen molar-refractivity contribution in [1.29, 1.82) is 0 Å². The van der Waals surface area contributed by atoms with Gasteiger partial charge >= 0.3 is 6.18 Å². The molecular formula is C20H22ClF3N2O2S. The van der Waals surface area contributed by atoms with E-state index >= 15 is 0 Å². The lowest BCUT2D eigenvalue weighted by molar-refractivity contribution is -0.137. The van der Waals surface area contributed by atoms with E-state index in [1.54, 1.807) is 13.0 Å². The van der Waals surface area contributed by atoms with Crippen molar-refractivity contribution in [2.75, 3.05) is 23.8 Å². The van der Waals surface area contributed by atoms with Gasteiger partial charge in [-0.3, -0.25) is 0 Å². The normalized spacial score (nSPS) is 15.6. The van der Waals surface area contributed by atoms with Crippen molar-refractivity contribution in [2.24, 2.45) is 0 Å². The molecule has 1 aliphatic heterocycles. The number of halogens is 4. The van der Waals surface area contributed by atoms with Crippen LogP contribution in [0.3, 0.4) is 0 Å². The highest BCUT2D eigenvalue weighted by Crippen LogP contribution is 2.38. The number of nitrogens with one attached hydrogen (secondary N) is 2. The molecule has 0 amide bonds. The van der Waals surface area contributed by atoms with Gasteiger partial charge in [-0.2, -0.15) is 25.8 Å². The molecular weight excluding hydrogens is 425 g/mol. The number of anilines is 2. The maximum absolute atomic E-state index is 13.3. The van der Waals surface area contributed by atoms with Gasteiger partial charge in [-0.1, -0.05) is 11.6 Å². The molecule has 0 aromatic heterocycles. The Hall–Kier alpha value is -1.93. The second kappa shape index (κ2) is 8.83. The Morgan fingerprint density at radius 1 is 1.07 bits per heavy atom. The number of hydrogen-bond acceptors (Lipinski definition) is 5. The molecule has 0 bridgehead atoms. The number of rotatable bonds is 6. The van der Waals surface area contributed by atoms with E-state index in [2.05, 4.69) is 23.3 Å². The first-order chi connectivity index (χ1) is 13.6. The first kappa shape index (κ1) is 21.8. The quantitative estimate of drug-likeness (QED) is 0.384. The van der Waals surface area contributed by atoms with Gasteiger partial charge in [-0.05, 0) is 50.1 Å². The molecule has 0 saturated carbocycles. The Morgan fingerprint density at radius 3 is 2.41 bits per heavy atom. The molecule has 4 nitrogen and oxygen atoms in total. The Labute approximate surface area is 178 Å². The van der Waals surface area contributed by atoms with Gasteiger partial charge < -0.3 is 20.1 Å². The third kappa shape index (κ3) is 5.57. The van der Waals surface area contributed by atoms with E-state index < -0.39 is 11.7 Å². The van der Waals surface area contributed by atoms with E-state index in [9.17, 15) is 13.2 Å². The van der Waals surface area contributed by atoms with Crippen molar-refractivity contribution in [3.05, 3.63) is 46.5 Å². The first-order valence-corrected chi connectivity index (χ1v) is 10.0. The summed E-state index contributed by atoms with van der Waals surface area (Å²) in [7, 11) is 0. The Bertz CT molecular complexity index is 878. The lowest BCUT2D eigenvalue weighted by Crippen LogP contribution is -2.20. The van der Waals surface area contributed by atoms with Crippen molar-refractivity contribution >= 4 is 35.6 Å². The van der Waals surface area contributed by atoms with E-state index in [1.165, 1.54) is 0 Å². The minimum atomic E-state index is -4.47. The average Bonchev–Trinajstić information content (AvgIpc) is 2.63. The molecule has 158 valence electrons. The van der Waals surface area contributed by atoms with Crippen LogP contribution in [0.25, 0.3) is 0 Å². The first-order valence-electron chi connectivity index (χ1n) is 9.14. The third-order valence-corrected chi connectivity index (χ3v) is 4.90. The minimum absolute atomic E-state index is 0.181. The van der Waals surface area contributed by atoms with Crippen LogP contribution < -0.4 is 20.1 Å². The number of ether oxygens (including phenoxy) is 2. The van der Waals surface area contributed by atoms with Crippen molar-refractivity contribution in [3.8, 4) is 11.5 Å². The largest absolute Gasteiger partial charge is 0.486 e. The van der Waals surface area contributed by atoms with Crippen molar-refractivity contribution in [2.45, 2.75) is 37.9 Å². The van der Waals surface area contributed by atoms with E-state index in [4.69, 9.17) is 21.1 Å². The van der Waals surface area contributed by atoms with Crippen LogP contribution in [0.4, 0.5) is 24.5 Å². The summed E-state index contributed by atoms with van der Waals surface area (Å²) < 4.78 is 51.0. The molecule has 3 rings (SSSR count). The third-order valence-electron chi connectivity index (χ3n) is 4.32. The summed E-state index contributed by atoms with van der Waals surface area (Å²) in [6.07, 6.45) is -4.17. The van der Waals surface area contributed by atoms with E-state index in [0.29, 0.717) is 36.7 Å². The molecule has 2 N–H and O–H groups in total. The lowest BCUT2D eigenvalue weighted by Gasteiger charge is -2.22. The Morgan fingerprint density at radius 2 is 1.76 bits per heavy atom. The van der Waals surface area contributed by atoms with Crippen LogP contribution >= 0.6 is 24.2 Å². The zero-order valence-corrected chi connectivity index (χ0v) is 17.6. The molecule has 0 fully saturated rings. The molecule has 0 aliphatic carbocycles.